The Morgan fingerprint density at radius 2 is 1.27 bits per heavy atom. The van der Waals surface area contributed by atoms with Gasteiger partial charge in [-0.15, -0.1) is 0 Å². The van der Waals surface area contributed by atoms with Crippen molar-refractivity contribution >= 4 is 13.3 Å². The van der Waals surface area contributed by atoms with Crippen LogP contribution < -0.4 is 5.19 Å². The molecule has 2 nitrogen and oxygen atoms in total. The van der Waals surface area contributed by atoms with Crippen molar-refractivity contribution in [3.05, 3.63) is 66.9 Å². The van der Waals surface area contributed by atoms with E-state index in [1.807, 2.05) is 30.5 Å². The molecule has 22 heavy (non-hydrogen) atoms. The zero-order valence-electron chi connectivity index (χ0n) is 13.2. The molecule has 0 spiro atoms. The van der Waals surface area contributed by atoms with E-state index in [0.717, 1.165) is 17.1 Å². The zero-order chi connectivity index (χ0) is 15.6. The summed E-state index contributed by atoms with van der Waals surface area (Å²) in [5.41, 5.74) is 3.30. The molecular formula is C19H20N2Si. The molecule has 3 heteroatoms. The Bertz CT molecular complexity index is 762. The van der Waals surface area contributed by atoms with Crippen LogP contribution in [0.15, 0.2) is 66.9 Å². The van der Waals surface area contributed by atoms with E-state index in [1.54, 1.807) is 0 Å². The predicted octanol–water partition coefficient (Wildman–Crippen LogP) is 4.36. The quantitative estimate of drug-likeness (QED) is 0.672. The summed E-state index contributed by atoms with van der Waals surface area (Å²) in [7, 11) is -1.51. The Balaban J connectivity index is 2.20. The number of aromatic nitrogens is 2. The summed E-state index contributed by atoms with van der Waals surface area (Å²) in [5, 5.41) is 1.30. The van der Waals surface area contributed by atoms with E-state index < -0.39 is 8.07 Å². The minimum Gasteiger partial charge on any atom is -0.237 e. The summed E-state index contributed by atoms with van der Waals surface area (Å²) < 4.78 is 0. The van der Waals surface area contributed by atoms with Gasteiger partial charge in [0.1, 0.15) is 0 Å². The second kappa shape index (κ2) is 5.85. The predicted molar refractivity (Wildman–Crippen MR) is 95.9 cm³/mol. The van der Waals surface area contributed by atoms with Crippen LogP contribution >= 0.6 is 0 Å². The highest BCUT2D eigenvalue weighted by molar-refractivity contribution is 6.89. The first kappa shape index (κ1) is 14.7. The third-order valence-corrected chi connectivity index (χ3v) is 5.66. The van der Waals surface area contributed by atoms with Crippen LogP contribution in [0.2, 0.25) is 19.6 Å². The van der Waals surface area contributed by atoms with Crippen molar-refractivity contribution in [2.45, 2.75) is 19.6 Å². The van der Waals surface area contributed by atoms with E-state index in [-0.39, 0.29) is 0 Å². The van der Waals surface area contributed by atoms with Gasteiger partial charge in [-0.2, -0.15) is 0 Å². The summed E-state index contributed by atoms with van der Waals surface area (Å²) in [5.74, 6) is 0.793. The van der Waals surface area contributed by atoms with Gasteiger partial charge in [0.15, 0.2) is 5.82 Å². The van der Waals surface area contributed by atoms with Gasteiger partial charge in [0.2, 0.25) is 0 Å². The molecule has 0 atom stereocenters. The average Bonchev–Trinajstić information content (AvgIpc) is 2.55. The number of benzene rings is 2. The molecule has 110 valence electrons. The van der Waals surface area contributed by atoms with E-state index in [4.69, 9.17) is 4.98 Å². The van der Waals surface area contributed by atoms with Crippen LogP contribution in [-0.4, -0.2) is 18.0 Å². The summed E-state index contributed by atoms with van der Waals surface area (Å²) in [6.07, 6.45) is 2.03. The van der Waals surface area contributed by atoms with Crippen molar-refractivity contribution in [3.8, 4) is 22.6 Å². The monoisotopic (exact) mass is 304 g/mol. The molecule has 3 rings (SSSR count). The molecule has 0 saturated heterocycles. The largest absolute Gasteiger partial charge is 0.237 e. The van der Waals surface area contributed by atoms with E-state index >= 15 is 0 Å². The fourth-order valence-corrected chi connectivity index (χ4v) is 3.84. The number of rotatable bonds is 3. The van der Waals surface area contributed by atoms with Crippen molar-refractivity contribution in [1.29, 1.82) is 0 Å². The molecule has 0 fully saturated rings. The fraction of sp³-hybridized carbons (Fsp3) is 0.158. The van der Waals surface area contributed by atoms with E-state index in [2.05, 4.69) is 61.0 Å². The van der Waals surface area contributed by atoms with Crippen molar-refractivity contribution in [2.24, 2.45) is 0 Å². The number of nitrogens with zero attached hydrogens (tertiary/aromatic N) is 2. The average molecular weight is 304 g/mol. The Morgan fingerprint density at radius 3 is 1.82 bits per heavy atom. The normalized spacial score (nSPS) is 11.4. The molecule has 0 unspecified atom stereocenters. The van der Waals surface area contributed by atoms with Gasteiger partial charge in [-0.25, -0.2) is 9.97 Å². The minimum atomic E-state index is -1.51. The molecular weight excluding hydrogens is 284 g/mol. The Morgan fingerprint density at radius 1 is 0.727 bits per heavy atom. The molecule has 0 bridgehead atoms. The van der Waals surface area contributed by atoms with Gasteiger partial charge in [-0.1, -0.05) is 80.3 Å². The first-order valence-electron chi connectivity index (χ1n) is 7.54. The van der Waals surface area contributed by atoms with Gasteiger partial charge in [-0.3, -0.25) is 0 Å². The molecule has 0 radical (unpaired) electrons. The fourth-order valence-electron chi connectivity index (χ4n) is 2.47. The molecule has 0 saturated carbocycles. The minimum absolute atomic E-state index is 0.793. The molecule has 1 aromatic heterocycles. The molecule has 0 aliphatic carbocycles. The lowest BCUT2D eigenvalue weighted by Gasteiger charge is -2.20. The lowest BCUT2D eigenvalue weighted by atomic mass is 10.1. The smallest absolute Gasteiger partial charge is 0.159 e. The van der Waals surface area contributed by atoms with Crippen molar-refractivity contribution in [3.63, 3.8) is 0 Å². The summed E-state index contributed by atoms with van der Waals surface area (Å²) >= 11 is 0. The van der Waals surface area contributed by atoms with Crippen LogP contribution in [0, 0.1) is 0 Å². The molecule has 1 heterocycles. The second-order valence-corrected chi connectivity index (χ2v) is 11.5. The lowest BCUT2D eigenvalue weighted by molar-refractivity contribution is 1.19. The Kier molecular flexibility index (Phi) is 3.90. The van der Waals surface area contributed by atoms with Gasteiger partial charge in [0.25, 0.3) is 0 Å². The van der Waals surface area contributed by atoms with Gasteiger partial charge < -0.3 is 0 Å². The van der Waals surface area contributed by atoms with E-state index in [9.17, 15) is 0 Å². The van der Waals surface area contributed by atoms with Gasteiger partial charge in [0, 0.05) is 17.3 Å². The molecule has 0 N–H and O–H groups in total. The zero-order valence-corrected chi connectivity index (χ0v) is 14.2. The highest BCUT2D eigenvalue weighted by Gasteiger charge is 2.23. The van der Waals surface area contributed by atoms with E-state index in [1.165, 1.54) is 10.8 Å². The van der Waals surface area contributed by atoms with Crippen LogP contribution in [0.3, 0.4) is 0 Å². The SMILES string of the molecule is C[Si](C)(C)c1cnc(-c2ccccc2)nc1-c1ccccc1. The van der Waals surface area contributed by atoms with Crippen LogP contribution in [0.5, 0.6) is 0 Å². The Labute approximate surface area is 132 Å². The van der Waals surface area contributed by atoms with E-state index in [0.29, 0.717) is 0 Å². The standard InChI is InChI=1S/C19H20N2Si/c1-22(2,3)17-14-20-19(16-12-8-5-9-13-16)21-18(17)15-10-6-4-7-11-15/h4-14H,1-3H3. The van der Waals surface area contributed by atoms with Crippen LogP contribution in [-0.2, 0) is 0 Å². The Hall–Kier alpha value is -2.26. The molecule has 0 amide bonds. The maximum atomic E-state index is 4.90. The molecule has 3 aromatic rings. The van der Waals surface area contributed by atoms with Gasteiger partial charge in [0.05, 0.1) is 13.8 Å². The topological polar surface area (TPSA) is 25.8 Å². The van der Waals surface area contributed by atoms with Crippen molar-refractivity contribution in [2.75, 3.05) is 0 Å². The van der Waals surface area contributed by atoms with Crippen LogP contribution in [0.4, 0.5) is 0 Å². The molecule has 2 aromatic carbocycles. The summed E-state index contributed by atoms with van der Waals surface area (Å²) in [6.45, 7) is 7.00. The maximum Gasteiger partial charge on any atom is 0.159 e. The lowest BCUT2D eigenvalue weighted by Crippen LogP contribution is -2.40. The summed E-state index contributed by atoms with van der Waals surface area (Å²) in [6, 6.07) is 20.6. The van der Waals surface area contributed by atoms with Crippen molar-refractivity contribution < 1.29 is 0 Å². The third kappa shape index (κ3) is 2.99. The van der Waals surface area contributed by atoms with Crippen LogP contribution in [0.25, 0.3) is 22.6 Å². The first-order valence-corrected chi connectivity index (χ1v) is 11.0. The maximum absolute atomic E-state index is 4.90. The number of hydrogen-bond acceptors (Lipinski definition) is 2. The van der Waals surface area contributed by atoms with Gasteiger partial charge in [-0.05, 0) is 5.19 Å². The van der Waals surface area contributed by atoms with Crippen molar-refractivity contribution in [1.82, 2.24) is 9.97 Å². The first-order chi connectivity index (χ1) is 10.6. The highest BCUT2D eigenvalue weighted by atomic mass is 28.3. The molecule has 0 aliphatic rings. The van der Waals surface area contributed by atoms with Gasteiger partial charge >= 0.3 is 0 Å². The summed E-state index contributed by atoms with van der Waals surface area (Å²) in [4.78, 5) is 9.53. The van der Waals surface area contributed by atoms with Crippen LogP contribution in [0.1, 0.15) is 0 Å². The number of hydrogen-bond donors (Lipinski definition) is 0. The molecule has 0 aliphatic heterocycles. The highest BCUT2D eigenvalue weighted by Crippen LogP contribution is 2.21. The third-order valence-electron chi connectivity index (χ3n) is 3.68. The second-order valence-electron chi connectivity index (χ2n) is 6.44.